The molecule has 0 bridgehead atoms. The van der Waals surface area contributed by atoms with Crippen molar-refractivity contribution in [1.82, 2.24) is 0 Å². The average Bonchev–Trinajstić information content (AvgIpc) is 2.47. The maximum atomic E-state index is 10.6. The zero-order valence-corrected chi connectivity index (χ0v) is 14.4. The van der Waals surface area contributed by atoms with Crippen LogP contribution in [0.25, 0.3) is 0 Å². The Kier molecular flexibility index (Phi) is 15.6. The smallest absolute Gasteiger partial charge is 0.217 e. The Hall–Kier alpha value is -1.01. The van der Waals surface area contributed by atoms with Crippen molar-refractivity contribution in [3.05, 3.63) is 0 Å². The van der Waals surface area contributed by atoms with Crippen LogP contribution in [0.15, 0.2) is 0 Å². The first kappa shape index (κ1) is 21.0. The van der Waals surface area contributed by atoms with Crippen molar-refractivity contribution in [2.24, 2.45) is 5.73 Å². The van der Waals surface area contributed by atoms with Gasteiger partial charge in [-0.3, -0.25) is 4.79 Å². The second kappa shape index (κ2) is 16.4. The van der Waals surface area contributed by atoms with E-state index in [9.17, 15) is 9.90 Å². The van der Waals surface area contributed by atoms with Crippen LogP contribution in [0.1, 0.15) is 96.8 Å². The molecule has 0 rings (SSSR count). The molecule has 128 valence electrons. The van der Waals surface area contributed by atoms with E-state index in [2.05, 4.69) is 18.8 Å². The van der Waals surface area contributed by atoms with Crippen LogP contribution in [0.4, 0.5) is 0 Å². The molecular formula is C19H35NO2. The quantitative estimate of drug-likeness (QED) is 0.371. The molecule has 0 aromatic heterocycles. The Labute approximate surface area is 137 Å². The number of carbonyl (C=O) groups is 1. The predicted octanol–water partition coefficient (Wildman–Crippen LogP) is 4.32. The van der Waals surface area contributed by atoms with Gasteiger partial charge in [-0.25, -0.2) is 0 Å². The molecule has 3 heteroatoms. The van der Waals surface area contributed by atoms with Crippen molar-refractivity contribution in [1.29, 1.82) is 0 Å². The second-order valence-corrected chi connectivity index (χ2v) is 6.13. The molecule has 0 aliphatic rings. The van der Waals surface area contributed by atoms with Gasteiger partial charge in [0.2, 0.25) is 5.91 Å². The van der Waals surface area contributed by atoms with E-state index in [1.54, 1.807) is 0 Å². The van der Waals surface area contributed by atoms with Gasteiger partial charge in [0.05, 0.1) is 0 Å². The van der Waals surface area contributed by atoms with Crippen LogP contribution in [0, 0.1) is 11.8 Å². The topological polar surface area (TPSA) is 63.3 Å². The fourth-order valence-electron chi connectivity index (χ4n) is 2.46. The van der Waals surface area contributed by atoms with Gasteiger partial charge in [-0.2, -0.15) is 0 Å². The summed E-state index contributed by atoms with van der Waals surface area (Å²) in [5.41, 5.74) is 5.10. The molecular weight excluding hydrogens is 274 g/mol. The van der Waals surface area contributed by atoms with Crippen molar-refractivity contribution in [3.8, 4) is 11.8 Å². The fourth-order valence-corrected chi connectivity index (χ4v) is 2.46. The van der Waals surface area contributed by atoms with Crippen LogP contribution in [0.3, 0.4) is 0 Å². The number of aliphatic hydroxyl groups excluding tert-OH is 1. The van der Waals surface area contributed by atoms with E-state index in [4.69, 9.17) is 5.73 Å². The SMILES string of the molecule is CCC[C@H](O)C#CCCCCCCCCCCCCC(N)=O. The van der Waals surface area contributed by atoms with Crippen molar-refractivity contribution < 1.29 is 9.90 Å². The van der Waals surface area contributed by atoms with Crippen LogP contribution in [-0.4, -0.2) is 17.1 Å². The number of amides is 1. The largest absolute Gasteiger partial charge is 0.380 e. The summed E-state index contributed by atoms with van der Waals surface area (Å²) in [6, 6.07) is 0. The van der Waals surface area contributed by atoms with Gasteiger partial charge >= 0.3 is 0 Å². The fraction of sp³-hybridized carbons (Fsp3) is 0.842. The van der Waals surface area contributed by atoms with E-state index >= 15 is 0 Å². The third-order valence-corrected chi connectivity index (χ3v) is 3.81. The Morgan fingerprint density at radius 1 is 0.955 bits per heavy atom. The predicted molar refractivity (Wildman–Crippen MR) is 93.3 cm³/mol. The lowest BCUT2D eigenvalue weighted by Gasteiger charge is -2.02. The zero-order valence-electron chi connectivity index (χ0n) is 14.4. The molecule has 0 saturated carbocycles. The minimum absolute atomic E-state index is 0.176. The number of nitrogens with two attached hydrogens (primary N) is 1. The Balaban J connectivity index is 3.16. The molecule has 0 unspecified atom stereocenters. The van der Waals surface area contributed by atoms with Gasteiger partial charge in [-0.05, 0) is 19.3 Å². The maximum Gasteiger partial charge on any atom is 0.217 e. The van der Waals surface area contributed by atoms with Crippen molar-refractivity contribution in [2.75, 3.05) is 0 Å². The summed E-state index contributed by atoms with van der Waals surface area (Å²) >= 11 is 0. The molecule has 0 radical (unpaired) electrons. The monoisotopic (exact) mass is 309 g/mol. The van der Waals surface area contributed by atoms with E-state index < -0.39 is 6.10 Å². The molecule has 0 aliphatic carbocycles. The van der Waals surface area contributed by atoms with E-state index in [-0.39, 0.29) is 5.91 Å². The highest BCUT2D eigenvalue weighted by Crippen LogP contribution is 2.11. The van der Waals surface area contributed by atoms with Crippen molar-refractivity contribution in [2.45, 2.75) is 103 Å². The zero-order chi connectivity index (χ0) is 16.5. The molecule has 0 aromatic rings. The Bertz CT molecular complexity index is 317. The standard InChI is InChI=1S/C19H35NO2/c1-2-15-18(21)16-13-11-9-7-5-3-4-6-8-10-12-14-17-19(20)22/h18,21H,2-12,14-15,17H2,1H3,(H2,20,22)/t18-/m0/s1. The van der Waals surface area contributed by atoms with Gasteiger partial charge in [0, 0.05) is 12.8 Å². The summed E-state index contributed by atoms with van der Waals surface area (Å²) in [5.74, 6) is 5.80. The van der Waals surface area contributed by atoms with Crippen molar-refractivity contribution >= 4 is 5.91 Å². The maximum absolute atomic E-state index is 10.6. The van der Waals surface area contributed by atoms with Crippen LogP contribution in [-0.2, 0) is 4.79 Å². The number of unbranched alkanes of at least 4 members (excludes halogenated alkanes) is 10. The van der Waals surface area contributed by atoms with Crippen LogP contribution in [0.5, 0.6) is 0 Å². The van der Waals surface area contributed by atoms with Gasteiger partial charge in [-0.15, -0.1) is 5.92 Å². The molecule has 3 N–H and O–H groups in total. The number of carbonyl (C=O) groups excluding carboxylic acids is 1. The third-order valence-electron chi connectivity index (χ3n) is 3.81. The number of primary amides is 1. The van der Waals surface area contributed by atoms with Gasteiger partial charge in [0.15, 0.2) is 0 Å². The summed E-state index contributed by atoms with van der Waals surface area (Å²) in [7, 11) is 0. The van der Waals surface area contributed by atoms with Gasteiger partial charge < -0.3 is 10.8 Å². The molecule has 1 amide bonds. The molecule has 0 heterocycles. The van der Waals surface area contributed by atoms with Crippen LogP contribution >= 0.6 is 0 Å². The summed E-state index contributed by atoms with van der Waals surface area (Å²) in [4.78, 5) is 10.6. The van der Waals surface area contributed by atoms with Crippen LogP contribution in [0.2, 0.25) is 0 Å². The first-order valence-corrected chi connectivity index (χ1v) is 9.11. The highest BCUT2D eigenvalue weighted by atomic mass is 16.3. The first-order chi connectivity index (χ1) is 10.7. The number of rotatable bonds is 14. The molecule has 22 heavy (non-hydrogen) atoms. The van der Waals surface area contributed by atoms with Crippen LogP contribution < -0.4 is 5.73 Å². The molecule has 3 nitrogen and oxygen atoms in total. The molecule has 1 atom stereocenters. The third kappa shape index (κ3) is 17.0. The van der Waals surface area contributed by atoms with Gasteiger partial charge in [-0.1, -0.05) is 70.6 Å². The Morgan fingerprint density at radius 2 is 1.45 bits per heavy atom. The number of hydrogen-bond acceptors (Lipinski definition) is 2. The summed E-state index contributed by atoms with van der Waals surface area (Å²) < 4.78 is 0. The molecule has 0 aromatic carbocycles. The van der Waals surface area contributed by atoms with E-state index in [1.165, 1.54) is 44.9 Å². The minimum Gasteiger partial charge on any atom is -0.380 e. The highest BCUT2D eigenvalue weighted by molar-refractivity contribution is 5.73. The summed E-state index contributed by atoms with van der Waals surface area (Å²) in [5, 5.41) is 9.46. The summed E-state index contributed by atoms with van der Waals surface area (Å²) in [6.45, 7) is 2.06. The molecule has 0 aliphatic heterocycles. The number of hydrogen-bond donors (Lipinski definition) is 2. The molecule has 0 fully saturated rings. The van der Waals surface area contributed by atoms with Gasteiger partial charge in [0.1, 0.15) is 6.10 Å². The van der Waals surface area contributed by atoms with E-state index in [0.717, 1.165) is 38.5 Å². The van der Waals surface area contributed by atoms with E-state index in [1.807, 2.05) is 0 Å². The van der Waals surface area contributed by atoms with Crippen molar-refractivity contribution in [3.63, 3.8) is 0 Å². The Morgan fingerprint density at radius 3 is 1.95 bits per heavy atom. The molecule has 0 saturated heterocycles. The highest BCUT2D eigenvalue weighted by Gasteiger charge is 1.96. The lowest BCUT2D eigenvalue weighted by molar-refractivity contribution is -0.118. The second-order valence-electron chi connectivity index (χ2n) is 6.13. The lowest BCUT2D eigenvalue weighted by atomic mass is 10.1. The number of aliphatic hydroxyl groups is 1. The first-order valence-electron chi connectivity index (χ1n) is 9.11. The lowest BCUT2D eigenvalue weighted by Crippen LogP contribution is -2.09. The van der Waals surface area contributed by atoms with Gasteiger partial charge in [0.25, 0.3) is 0 Å². The normalized spacial score (nSPS) is 11.7. The molecule has 0 spiro atoms. The van der Waals surface area contributed by atoms with E-state index in [0.29, 0.717) is 6.42 Å². The average molecular weight is 309 g/mol. The summed E-state index contributed by atoms with van der Waals surface area (Å²) in [6.07, 6.45) is 15.0. The minimum atomic E-state index is -0.423.